The summed E-state index contributed by atoms with van der Waals surface area (Å²) >= 11 is 0. The standard InChI is InChI=1S/C15H14N4O/c20-10-12-3-1-2-11(8-12)9-18-14-5-4-13-15(19-14)17-7-6-16-13/h1-8,20H,9-10H2,(H,17,18,19). The first-order valence-electron chi connectivity index (χ1n) is 6.35. The summed E-state index contributed by atoms with van der Waals surface area (Å²) in [5, 5.41) is 12.4. The molecule has 0 radical (unpaired) electrons. The second kappa shape index (κ2) is 5.63. The second-order valence-corrected chi connectivity index (χ2v) is 4.43. The molecule has 1 aromatic carbocycles. The second-order valence-electron chi connectivity index (χ2n) is 4.43. The van der Waals surface area contributed by atoms with Gasteiger partial charge in [-0.15, -0.1) is 0 Å². The number of nitrogens with one attached hydrogen (secondary N) is 1. The van der Waals surface area contributed by atoms with Gasteiger partial charge in [0.15, 0.2) is 5.65 Å². The smallest absolute Gasteiger partial charge is 0.180 e. The van der Waals surface area contributed by atoms with Gasteiger partial charge in [0.05, 0.1) is 6.61 Å². The molecule has 0 unspecified atom stereocenters. The van der Waals surface area contributed by atoms with Gasteiger partial charge in [-0.25, -0.2) is 9.97 Å². The summed E-state index contributed by atoms with van der Waals surface area (Å²) in [7, 11) is 0. The van der Waals surface area contributed by atoms with Crippen molar-refractivity contribution in [3.05, 3.63) is 59.9 Å². The Bertz CT molecular complexity index is 730. The molecule has 0 atom stereocenters. The Morgan fingerprint density at radius 1 is 1.00 bits per heavy atom. The fourth-order valence-corrected chi connectivity index (χ4v) is 1.98. The summed E-state index contributed by atoms with van der Waals surface area (Å²) in [6, 6.07) is 11.6. The number of anilines is 1. The lowest BCUT2D eigenvalue weighted by molar-refractivity contribution is 0.281. The maximum Gasteiger partial charge on any atom is 0.180 e. The van der Waals surface area contributed by atoms with Crippen molar-refractivity contribution in [1.29, 1.82) is 0 Å². The largest absolute Gasteiger partial charge is 0.392 e. The number of aliphatic hydroxyl groups excluding tert-OH is 1. The third kappa shape index (κ3) is 2.73. The molecule has 20 heavy (non-hydrogen) atoms. The minimum Gasteiger partial charge on any atom is -0.392 e. The van der Waals surface area contributed by atoms with Crippen LogP contribution in [0.15, 0.2) is 48.8 Å². The number of aromatic nitrogens is 3. The van der Waals surface area contributed by atoms with Gasteiger partial charge in [0.2, 0.25) is 0 Å². The molecular weight excluding hydrogens is 252 g/mol. The Morgan fingerprint density at radius 2 is 1.85 bits per heavy atom. The number of fused-ring (bicyclic) bond motifs is 1. The van der Waals surface area contributed by atoms with Crippen molar-refractivity contribution >= 4 is 17.0 Å². The van der Waals surface area contributed by atoms with Crippen molar-refractivity contribution in [2.24, 2.45) is 0 Å². The number of rotatable bonds is 4. The van der Waals surface area contributed by atoms with E-state index < -0.39 is 0 Å². The molecule has 0 fully saturated rings. The molecule has 2 N–H and O–H groups in total. The molecule has 5 nitrogen and oxygen atoms in total. The molecular formula is C15H14N4O. The fourth-order valence-electron chi connectivity index (χ4n) is 1.98. The average Bonchev–Trinajstić information content (AvgIpc) is 2.53. The van der Waals surface area contributed by atoms with Gasteiger partial charge in [-0.05, 0) is 23.3 Å². The summed E-state index contributed by atoms with van der Waals surface area (Å²) in [4.78, 5) is 12.8. The molecule has 5 heteroatoms. The van der Waals surface area contributed by atoms with E-state index in [9.17, 15) is 0 Å². The van der Waals surface area contributed by atoms with Crippen LogP contribution in [0.3, 0.4) is 0 Å². The normalized spacial score (nSPS) is 10.7. The van der Waals surface area contributed by atoms with Gasteiger partial charge in [-0.3, -0.25) is 4.98 Å². The molecule has 2 heterocycles. The van der Waals surface area contributed by atoms with Crippen LogP contribution in [0.2, 0.25) is 0 Å². The van der Waals surface area contributed by atoms with Gasteiger partial charge in [0.25, 0.3) is 0 Å². The highest BCUT2D eigenvalue weighted by Gasteiger charge is 2.00. The first kappa shape index (κ1) is 12.5. The Kier molecular flexibility index (Phi) is 3.52. The third-order valence-corrected chi connectivity index (χ3v) is 2.98. The quantitative estimate of drug-likeness (QED) is 0.757. The van der Waals surface area contributed by atoms with Crippen LogP contribution in [0, 0.1) is 0 Å². The predicted octanol–water partition coefficient (Wildman–Crippen LogP) is 2.13. The maximum absolute atomic E-state index is 9.12. The molecule has 3 aromatic rings. The molecule has 0 saturated heterocycles. The van der Waals surface area contributed by atoms with Crippen molar-refractivity contribution in [2.45, 2.75) is 13.2 Å². The lowest BCUT2D eigenvalue weighted by Crippen LogP contribution is -2.02. The predicted molar refractivity (Wildman–Crippen MR) is 77.0 cm³/mol. The van der Waals surface area contributed by atoms with E-state index in [0.29, 0.717) is 12.2 Å². The van der Waals surface area contributed by atoms with Gasteiger partial charge in [-0.1, -0.05) is 24.3 Å². The first-order valence-corrected chi connectivity index (χ1v) is 6.35. The zero-order valence-corrected chi connectivity index (χ0v) is 10.8. The summed E-state index contributed by atoms with van der Waals surface area (Å²) in [6.45, 7) is 0.699. The average molecular weight is 266 g/mol. The minimum atomic E-state index is 0.0532. The summed E-state index contributed by atoms with van der Waals surface area (Å²) < 4.78 is 0. The molecule has 0 aliphatic heterocycles. The number of hydrogen-bond donors (Lipinski definition) is 2. The molecule has 0 spiro atoms. The SMILES string of the molecule is OCc1cccc(CNc2ccc3nccnc3n2)c1. The Hall–Kier alpha value is -2.53. The van der Waals surface area contributed by atoms with Crippen LogP contribution in [-0.4, -0.2) is 20.1 Å². The highest BCUT2D eigenvalue weighted by molar-refractivity contribution is 5.71. The lowest BCUT2D eigenvalue weighted by atomic mass is 10.1. The van der Waals surface area contributed by atoms with Gasteiger partial charge in [0, 0.05) is 18.9 Å². The monoisotopic (exact) mass is 266 g/mol. The van der Waals surface area contributed by atoms with E-state index in [-0.39, 0.29) is 6.61 Å². The van der Waals surface area contributed by atoms with Gasteiger partial charge < -0.3 is 10.4 Å². The van der Waals surface area contributed by atoms with E-state index in [0.717, 1.165) is 22.5 Å². The van der Waals surface area contributed by atoms with E-state index in [2.05, 4.69) is 20.3 Å². The molecule has 0 bridgehead atoms. The van der Waals surface area contributed by atoms with Gasteiger partial charge in [-0.2, -0.15) is 0 Å². The topological polar surface area (TPSA) is 70.9 Å². The Labute approximate surface area is 116 Å². The van der Waals surface area contributed by atoms with E-state index in [1.807, 2.05) is 36.4 Å². The number of aliphatic hydroxyl groups is 1. The van der Waals surface area contributed by atoms with Crippen LogP contribution in [-0.2, 0) is 13.2 Å². The van der Waals surface area contributed by atoms with E-state index >= 15 is 0 Å². The van der Waals surface area contributed by atoms with Crippen molar-refractivity contribution in [2.75, 3.05) is 5.32 Å². The van der Waals surface area contributed by atoms with Crippen molar-refractivity contribution in [3.63, 3.8) is 0 Å². The maximum atomic E-state index is 9.12. The van der Waals surface area contributed by atoms with Crippen LogP contribution in [0.1, 0.15) is 11.1 Å². The van der Waals surface area contributed by atoms with E-state index in [4.69, 9.17) is 5.11 Å². The summed E-state index contributed by atoms with van der Waals surface area (Å²) in [5.74, 6) is 0.757. The van der Waals surface area contributed by atoms with E-state index in [1.54, 1.807) is 12.4 Å². The zero-order chi connectivity index (χ0) is 13.8. The van der Waals surface area contributed by atoms with Gasteiger partial charge >= 0.3 is 0 Å². The highest BCUT2D eigenvalue weighted by atomic mass is 16.3. The van der Waals surface area contributed by atoms with E-state index in [1.165, 1.54) is 0 Å². The van der Waals surface area contributed by atoms with Gasteiger partial charge in [0.1, 0.15) is 11.3 Å². The summed E-state index contributed by atoms with van der Waals surface area (Å²) in [6.07, 6.45) is 3.28. The lowest BCUT2D eigenvalue weighted by Gasteiger charge is -2.07. The molecule has 0 amide bonds. The number of nitrogens with zero attached hydrogens (tertiary/aromatic N) is 3. The minimum absolute atomic E-state index is 0.0532. The zero-order valence-electron chi connectivity index (χ0n) is 10.8. The number of pyridine rings is 1. The van der Waals surface area contributed by atoms with Crippen molar-refractivity contribution < 1.29 is 5.11 Å². The Morgan fingerprint density at radius 3 is 2.75 bits per heavy atom. The first-order chi connectivity index (χ1) is 9.85. The van der Waals surface area contributed by atoms with Crippen LogP contribution in [0.4, 0.5) is 5.82 Å². The molecule has 0 aliphatic rings. The van der Waals surface area contributed by atoms with Crippen LogP contribution < -0.4 is 5.32 Å². The van der Waals surface area contributed by atoms with Crippen molar-refractivity contribution in [1.82, 2.24) is 15.0 Å². The number of hydrogen-bond acceptors (Lipinski definition) is 5. The number of benzene rings is 1. The van der Waals surface area contributed by atoms with Crippen LogP contribution in [0.5, 0.6) is 0 Å². The van der Waals surface area contributed by atoms with Crippen molar-refractivity contribution in [3.8, 4) is 0 Å². The molecule has 2 aromatic heterocycles. The molecule has 100 valence electrons. The van der Waals surface area contributed by atoms with Crippen LogP contribution in [0.25, 0.3) is 11.2 Å². The molecule has 3 rings (SSSR count). The summed E-state index contributed by atoms with van der Waals surface area (Å²) in [5.41, 5.74) is 3.40. The molecule has 0 aliphatic carbocycles. The highest BCUT2D eigenvalue weighted by Crippen LogP contribution is 2.12. The van der Waals surface area contributed by atoms with Crippen LogP contribution >= 0.6 is 0 Å². The molecule has 0 saturated carbocycles. The third-order valence-electron chi connectivity index (χ3n) is 2.98. The fraction of sp³-hybridized carbons (Fsp3) is 0.133. The Balaban J connectivity index is 1.76.